The molecule has 0 radical (unpaired) electrons. The van der Waals surface area contributed by atoms with E-state index in [1.165, 1.54) is 0 Å². The first-order valence-electron chi connectivity index (χ1n) is 3.62. The molecule has 0 bridgehead atoms. The van der Waals surface area contributed by atoms with E-state index >= 15 is 0 Å². The molecule has 0 aliphatic heterocycles. The topological polar surface area (TPSA) is 77.8 Å². The highest BCUT2D eigenvalue weighted by Crippen LogP contribution is 2.22. The lowest BCUT2D eigenvalue weighted by atomic mass is 9.83. The molecule has 64 valence electrons. The lowest BCUT2D eigenvalue weighted by Crippen LogP contribution is -2.49. The van der Waals surface area contributed by atoms with E-state index in [0.717, 1.165) is 0 Å². The van der Waals surface area contributed by atoms with Gasteiger partial charge in [0.05, 0.1) is 6.10 Å². The number of rotatable bonds is 0. The van der Waals surface area contributed by atoms with Gasteiger partial charge in [-0.1, -0.05) is 6.92 Å². The van der Waals surface area contributed by atoms with Crippen LogP contribution in [-0.2, 0) is 4.79 Å². The van der Waals surface area contributed by atoms with Crippen molar-refractivity contribution in [2.45, 2.75) is 31.7 Å². The van der Waals surface area contributed by atoms with Crippen LogP contribution in [0.25, 0.3) is 0 Å². The third-order valence-electron chi connectivity index (χ3n) is 2.12. The molecule has 0 aromatic heterocycles. The van der Waals surface area contributed by atoms with Gasteiger partial charge in [-0.2, -0.15) is 0 Å². The molecule has 0 heterocycles. The van der Waals surface area contributed by atoms with Crippen LogP contribution in [0.2, 0.25) is 0 Å². The Balaban J connectivity index is 2.70. The Labute approximate surface area is 64.5 Å². The highest BCUT2D eigenvalue weighted by molar-refractivity contribution is 5.88. The molecule has 0 aromatic carbocycles. The molecule has 4 nitrogen and oxygen atoms in total. The van der Waals surface area contributed by atoms with Crippen molar-refractivity contribution in [3.63, 3.8) is 0 Å². The van der Waals surface area contributed by atoms with E-state index in [4.69, 9.17) is 15.3 Å². The minimum absolute atomic E-state index is 0.224. The van der Waals surface area contributed by atoms with Gasteiger partial charge < -0.3 is 15.3 Å². The van der Waals surface area contributed by atoms with E-state index < -0.39 is 24.1 Å². The van der Waals surface area contributed by atoms with Gasteiger partial charge in [0.25, 0.3) is 0 Å². The minimum Gasteiger partial charge on any atom is -0.390 e. The van der Waals surface area contributed by atoms with E-state index in [0.29, 0.717) is 0 Å². The van der Waals surface area contributed by atoms with Crippen molar-refractivity contribution in [1.29, 1.82) is 0 Å². The van der Waals surface area contributed by atoms with Gasteiger partial charge in [-0.25, -0.2) is 0 Å². The van der Waals surface area contributed by atoms with Crippen LogP contribution in [0.5, 0.6) is 0 Å². The van der Waals surface area contributed by atoms with Gasteiger partial charge in [-0.15, -0.1) is 0 Å². The van der Waals surface area contributed by atoms with Crippen molar-refractivity contribution in [3.8, 4) is 0 Å². The average molecular weight is 160 g/mol. The Morgan fingerprint density at radius 3 is 2.45 bits per heavy atom. The van der Waals surface area contributed by atoms with Gasteiger partial charge in [0, 0.05) is 0 Å². The van der Waals surface area contributed by atoms with Crippen LogP contribution in [0.3, 0.4) is 0 Å². The largest absolute Gasteiger partial charge is 0.390 e. The Morgan fingerprint density at radius 2 is 1.91 bits per heavy atom. The molecular formula is C7H12O4. The van der Waals surface area contributed by atoms with Crippen molar-refractivity contribution in [2.75, 3.05) is 0 Å². The van der Waals surface area contributed by atoms with Gasteiger partial charge in [-0.05, 0) is 12.3 Å². The van der Waals surface area contributed by atoms with Gasteiger partial charge in [0.1, 0.15) is 12.2 Å². The Morgan fingerprint density at radius 1 is 1.36 bits per heavy atom. The average Bonchev–Trinajstić information content (AvgIpc) is 1.97. The molecule has 1 saturated carbocycles. The van der Waals surface area contributed by atoms with Crippen LogP contribution < -0.4 is 0 Å². The van der Waals surface area contributed by atoms with Crippen molar-refractivity contribution in [2.24, 2.45) is 5.92 Å². The number of aliphatic hydroxyl groups excluding tert-OH is 3. The van der Waals surface area contributed by atoms with Crippen LogP contribution in [0.1, 0.15) is 13.3 Å². The number of ketones is 1. The second-order valence-electron chi connectivity index (χ2n) is 3.07. The first-order chi connectivity index (χ1) is 5.04. The second kappa shape index (κ2) is 2.89. The van der Waals surface area contributed by atoms with Gasteiger partial charge in [-0.3, -0.25) is 4.79 Å². The summed E-state index contributed by atoms with van der Waals surface area (Å²) in [5.74, 6) is -0.895. The molecule has 4 atom stereocenters. The third-order valence-corrected chi connectivity index (χ3v) is 2.12. The molecule has 0 spiro atoms. The second-order valence-corrected chi connectivity index (χ2v) is 3.07. The maximum absolute atomic E-state index is 10.8. The lowest BCUT2D eigenvalue weighted by Gasteiger charge is -2.30. The van der Waals surface area contributed by atoms with Gasteiger partial charge in [0.2, 0.25) is 0 Å². The Hall–Kier alpha value is -0.450. The molecule has 0 aromatic rings. The number of carbonyl (C=O) groups is 1. The fourth-order valence-electron chi connectivity index (χ4n) is 1.28. The van der Waals surface area contributed by atoms with Gasteiger partial charge in [0.15, 0.2) is 5.78 Å². The normalized spacial score (nSPS) is 46.0. The van der Waals surface area contributed by atoms with E-state index in [1.807, 2.05) is 0 Å². The predicted molar refractivity (Wildman–Crippen MR) is 36.8 cm³/mol. The summed E-state index contributed by atoms with van der Waals surface area (Å²) < 4.78 is 0. The summed E-state index contributed by atoms with van der Waals surface area (Å²) in [6, 6.07) is 0. The number of hydrogen-bond donors (Lipinski definition) is 3. The molecule has 1 rings (SSSR count). The maximum Gasteiger partial charge on any atom is 0.192 e. The summed E-state index contributed by atoms with van der Waals surface area (Å²) in [5.41, 5.74) is 0. The van der Waals surface area contributed by atoms with E-state index in [1.54, 1.807) is 6.92 Å². The first kappa shape index (κ1) is 8.64. The van der Waals surface area contributed by atoms with E-state index in [-0.39, 0.29) is 12.3 Å². The fraction of sp³-hybridized carbons (Fsp3) is 0.857. The molecule has 1 fully saturated rings. The van der Waals surface area contributed by atoms with E-state index in [9.17, 15) is 4.79 Å². The molecule has 0 amide bonds. The molecule has 1 aliphatic carbocycles. The number of carbonyl (C=O) groups excluding carboxylic acids is 1. The van der Waals surface area contributed by atoms with Crippen molar-refractivity contribution >= 4 is 5.78 Å². The summed E-state index contributed by atoms with van der Waals surface area (Å²) >= 11 is 0. The van der Waals surface area contributed by atoms with E-state index in [2.05, 4.69) is 0 Å². The van der Waals surface area contributed by atoms with Crippen LogP contribution in [0.4, 0.5) is 0 Å². The monoisotopic (exact) mass is 160 g/mol. The van der Waals surface area contributed by atoms with Crippen LogP contribution in [-0.4, -0.2) is 39.4 Å². The molecule has 0 saturated heterocycles. The summed E-state index contributed by atoms with van der Waals surface area (Å²) in [4.78, 5) is 10.8. The summed E-state index contributed by atoms with van der Waals surface area (Å²) in [7, 11) is 0. The number of hydrogen-bond acceptors (Lipinski definition) is 4. The predicted octanol–water partition coefficient (Wildman–Crippen LogP) is -1.32. The number of aliphatic hydroxyl groups is 3. The minimum atomic E-state index is -1.41. The van der Waals surface area contributed by atoms with Gasteiger partial charge >= 0.3 is 0 Å². The van der Waals surface area contributed by atoms with Crippen LogP contribution >= 0.6 is 0 Å². The lowest BCUT2D eigenvalue weighted by molar-refractivity contribution is -0.152. The summed E-state index contributed by atoms with van der Waals surface area (Å²) in [6.07, 6.45) is -3.31. The van der Waals surface area contributed by atoms with Crippen molar-refractivity contribution in [3.05, 3.63) is 0 Å². The maximum atomic E-state index is 10.8. The quantitative estimate of drug-likeness (QED) is 0.410. The zero-order valence-electron chi connectivity index (χ0n) is 6.27. The standard InChI is InChI=1S/C7H12O4/c1-3-2-4(8)6(10)7(11)5(3)9/h3-5,7-9,11H,2H2,1H3/t3?,4-,5+,7?/m0/s1. The molecule has 2 unspecified atom stereocenters. The molecule has 11 heavy (non-hydrogen) atoms. The Kier molecular flexibility index (Phi) is 2.27. The molecule has 1 aliphatic rings. The highest BCUT2D eigenvalue weighted by atomic mass is 16.3. The smallest absolute Gasteiger partial charge is 0.192 e. The summed E-state index contributed by atoms with van der Waals surface area (Å²) in [6.45, 7) is 1.68. The zero-order valence-corrected chi connectivity index (χ0v) is 6.27. The Bertz CT molecular complexity index is 168. The third kappa shape index (κ3) is 1.42. The molecule has 4 heteroatoms. The molecular weight excluding hydrogens is 148 g/mol. The molecule has 3 N–H and O–H groups in total. The summed E-state index contributed by atoms with van der Waals surface area (Å²) in [5, 5.41) is 27.2. The zero-order chi connectivity index (χ0) is 8.59. The van der Waals surface area contributed by atoms with Crippen LogP contribution in [0.15, 0.2) is 0 Å². The first-order valence-corrected chi connectivity index (χ1v) is 3.62. The SMILES string of the molecule is CC1C[C@H](O)C(=O)C(O)[C@@H]1O. The number of Topliss-reactive ketones (excluding diaryl/α,β-unsaturated/α-hetero) is 1. The van der Waals surface area contributed by atoms with Crippen molar-refractivity contribution < 1.29 is 20.1 Å². The fourth-order valence-corrected chi connectivity index (χ4v) is 1.28. The highest BCUT2D eigenvalue weighted by Gasteiger charge is 2.39. The van der Waals surface area contributed by atoms with Crippen LogP contribution in [0, 0.1) is 5.92 Å². The van der Waals surface area contributed by atoms with Crippen molar-refractivity contribution in [1.82, 2.24) is 0 Å².